The van der Waals surface area contributed by atoms with Crippen LogP contribution in [0.25, 0.3) is 0 Å². The Morgan fingerprint density at radius 1 is 1.50 bits per heavy atom. The van der Waals surface area contributed by atoms with Crippen molar-refractivity contribution in [2.24, 2.45) is 4.99 Å². The lowest BCUT2D eigenvalue weighted by Crippen LogP contribution is -2.22. The van der Waals surface area contributed by atoms with Crippen molar-refractivity contribution < 1.29 is 14.2 Å². The monoisotopic (exact) mass is 388 g/mol. The van der Waals surface area contributed by atoms with E-state index in [0.29, 0.717) is 23.5 Å². The van der Waals surface area contributed by atoms with Gasteiger partial charge >= 0.3 is 0 Å². The molecule has 0 aliphatic carbocycles. The number of aryl methyl sites for hydroxylation is 1. The summed E-state index contributed by atoms with van der Waals surface area (Å²) < 4.78 is 18.2. The Morgan fingerprint density at radius 3 is 3.00 bits per heavy atom. The molecule has 118 valence electrons. The van der Waals surface area contributed by atoms with Gasteiger partial charge in [0.15, 0.2) is 11.5 Å². The first-order valence-corrected chi connectivity index (χ1v) is 8.59. The standard InChI is InChI=1S/C13H14BrFN4O2S/c1-22-6-2-3-11-12(19-21-18-11)13(17-20)16-8-4-5-10(15)9(14)7-8/h4-5,7,20H,2-3,6H2,1H3,(H,16,17). The lowest BCUT2D eigenvalue weighted by molar-refractivity contribution is 0.234. The van der Waals surface area contributed by atoms with Crippen LogP contribution in [-0.2, 0) is 6.42 Å². The van der Waals surface area contributed by atoms with E-state index in [1.807, 2.05) is 11.7 Å². The number of hydrogen-bond donors (Lipinski definition) is 2. The normalized spacial score (nSPS) is 11.7. The summed E-state index contributed by atoms with van der Waals surface area (Å²) in [5, 5.41) is 16.9. The zero-order valence-corrected chi connectivity index (χ0v) is 14.1. The molecule has 0 saturated heterocycles. The molecule has 6 nitrogen and oxygen atoms in total. The van der Waals surface area contributed by atoms with Crippen LogP contribution in [-0.4, -0.2) is 33.4 Å². The van der Waals surface area contributed by atoms with Crippen LogP contribution in [0.5, 0.6) is 0 Å². The molecule has 2 N–H and O–H groups in total. The van der Waals surface area contributed by atoms with Crippen molar-refractivity contribution in [2.45, 2.75) is 12.8 Å². The highest BCUT2D eigenvalue weighted by Gasteiger charge is 2.16. The Morgan fingerprint density at radius 2 is 2.32 bits per heavy atom. The SMILES string of the molecule is CSCCCc1nonc1C(=Nc1ccc(F)c(Br)c1)NO. The van der Waals surface area contributed by atoms with E-state index in [1.54, 1.807) is 11.8 Å². The van der Waals surface area contributed by atoms with E-state index in [2.05, 4.69) is 31.2 Å². The van der Waals surface area contributed by atoms with Gasteiger partial charge in [-0.1, -0.05) is 5.16 Å². The topological polar surface area (TPSA) is 83.5 Å². The second-order valence-corrected chi connectivity index (χ2v) is 6.17. The van der Waals surface area contributed by atoms with E-state index in [1.165, 1.54) is 18.2 Å². The van der Waals surface area contributed by atoms with Crippen LogP contribution in [0.15, 0.2) is 32.3 Å². The molecule has 1 aromatic carbocycles. The number of hydroxylamine groups is 1. The lowest BCUT2D eigenvalue weighted by atomic mass is 10.2. The van der Waals surface area contributed by atoms with Crippen LogP contribution in [0, 0.1) is 5.82 Å². The highest BCUT2D eigenvalue weighted by molar-refractivity contribution is 9.10. The summed E-state index contributed by atoms with van der Waals surface area (Å²) in [7, 11) is 0. The highest BCUT2D eigenvalue weighted by Crippen LogP contribution is 2.23. The molecule has 0 aliphatic rings. The Hall–Kier alpha value is -1.45. The van der Waals surface area contributed by atoms with E-state index in [-0.39, 0.29) is 10.3 Å². The van der Waals surface area contributed by atoms with Crippen molar-refractivity contribution >= 4 is 39.2 Å². The maximum atomic E-state index is 13.2. The highest BCUT2D eigenvalue weighted by atomic mass is 79.9. The van der Waals surface area contributed by atoms with Crippen molar-refractivity contribution in [3.05, 3.63) is 39.9 Å². The van der Waals surface area contributed by atoms with Gasteiger partial charge in [0.05, 0.1) is 10.2 Å². The predicted octanol–water partition coefficient (Wildman–Crippen LogP) is 3.32. The molecular formula is C13H14BrFN4O2S. The van der Waals surface area contributed by atoms with Gasteiger partial charge in [-0.3, -0.25) is 10.7 Å². The van der Waals surface area contributed by atoms with E-state index in [9.17, 15) is 9.60 Å². The average Bonchev–Trinajstić information content (AvgIpc) is 2.97. The lowest BCUT2D eigenvalue weighted by Gasteiger charge is -2.04. The second-order valence-electron chi connectivity index (χ2n) is 4.33. The number of amidine groups is 1. The molecule has 0 unspecified atom stereocenters. The summed E-state index contributed by atoms with van der Waals surface area (Å²) in [5.74, 6) is 0.688. The molecule has 0 spiro atoms. The van der Waals surface area contributed by atoms with Crippen LogP contribution in [0.4, 0.5) is 10.1 Å². The first kappa shape index (κ1) is 16.9. The van der Waals surface area contributed by atoms with Crippen molar-refractivity contribution in [3.63, 3.8) is 0 Å². The van der Waals surface area contributed by atoms with Crippen molar-refractivity contribution in [3.8, 4) is 0 Å². The van der Waals surface area contributed by atoms with Gasteiger partial charge in [-0.25, -0.2) is 14.0 Å². The molecule has 0 amide bonds. The quantitative estimate of drug-likeness (QED) is 0.341. The van der Waals surface area contributed by atoms with Gasteiger partial charge in [-0.15, -0.1) is 0 Å². The molecule has 0 bridgehead atoms. The van der Waals surface area contributed by atoms with Gasteiger partial charge in [0.2, 0.25) is 0 Å². The number of halogens is 2. The average molecular weight is 389 g/mol. The zero-order valence-electron chi connectivity index (χ0n) is 11.7. The van der Waals surface area contributed by atoms with Gasteiger partial charge in [0.1, 0.15) is 11.5 Å². The summed E-state index contributed by atoms with van der Waals surface area (Å²) in [6.45, 7) is 0. The van der Waals surface area contributed by atoms with Gasteiger partial charge in [0, 0.05) is 0 Å². The number of rotatable bonds is 6. The fourth-order valence-corrected chi connectivity index (χ4v) is 2.55. The molecule has 2 aromatic rings. The number of nitrogens with one attached hydrogen (secondary N) is 1. The smallest absolute Gasteiger partial charge is 0.181 e. The number of thioether (sulfide) groups is 1. The molecule has 0 saturated carbocycles. The van der Waals surface area contributed by atoms with E-state index in [4.69, 9.17) is 4.63 Å². The van der Waals surface area contributed by atoms with Crippen molar-refractivity contribution in [1.82, 2.24) is 15.8 Å². The molecule has 0 radical (unpaired) electrons. The maximum Gasteiger partial charge on any atom is 0.181 e. The number of aromatic nitrogens is 2. The molecule has 22 heavy (non-hydrogen) atoms. The van der Waals surface area contributed by atoms with Crippen LogP contribution in [0.1, 0.15) is 17.8 Å². The fraction of sp³-hybridized carbons (Fsp3) is 0.308. The van der Waals surface area contributed by atoms with Crippen LogP contribution < -0.4 is 5.48 Å². The van der Waals surface area contributed by atoms with Gasteiger partial charge in [-0.05, 0) is 64.1 Å². The minimum absolute atomic E-state index is 0.0962. The third-order valence-corrected chi connectivity index (χ3v) is 4.10. The molecule has 0 atom stereocenters. The third kappa shape index (κ3) is 4.28. The van der Waals surface area contributed by atoms with E-state index in [0.717, 1.165) is 12.2 Å². The summed E-state index contributed by atoms with van der Waals surface area (Å²) in [4.78, 5) is 4.20. The summed E-state index contributed by atoms with van der Waals surface area (Å²) in [5.41, 5.74) is 3.38. The molecule has 0 aliphatic heterocycles. The summed E-state index contributed by atoms with van der Waals surface area (Å²) >= 11 is 4.82. The Bertz CT molecular complexity index is 665. The maximum absolute atomic E-state index is 13.2. The third-order valence-electron chi connectivity index (χ3n) is 2.79. The Kier molecular flexibility index (Phi) is 6.34. The molecular weight excluding hydrogens is 375 g/mol. The molecule has 2 rings (SSSR count). The van der Waals surface area contributed by atoms with Gasteiger partial charge < -0.3 is 0 Å². The number of hydrogen-bond acceptors (Lipinski definition) is 6. The first-order chi connectivity index (χ1) is 10.7. The second kappa shape index (κ2) is 8.25. The van der Waals surface area contributed by atoms with Crippen LogP contribution in [0.2, 0.25) is 0 Å². The van der Waals surface area contributed by atoms with Gasteiger partial charge in [0.25, 0.3) is 0 Å². The predicted molar refractivity (Wildman–Crippen MR) is 86.2 cm³/mol. The van der Waals surface area contributed by atoms with Crippen molar-refractivity contribution in [2.75, 3.05) is 12.0 Å². The minimum Gasteiger partial charge on any atom is -0.290 e. The summed E-state index contributed by atoms with van der Waals surface area (Å²) in [6, 6.07) is 4.25. The number of aliphatic imine (C=N–C) groups is 1. The Balaban J connectivity index is 2.25. The number of benzene rings is 1. The molecule has 1 heterocycles. The summed E-state index contributed by atoms with van der Waals surface area (Å²) in [6.07, 6.45) is 3.59. The zero-order chi connectivity index (χ0) is 15.9. The molecule has 0 fully saturated rings. The van der Waals surface area contributed by atoms with Crippen LogP contribution in [0.3, 0.4) is 0 Å². The van der Waals surface area contributed by atoms with Crippen molar-refractivity contribution in [1.29, 1.82) is 0 Å². The van der Waals surface area contributed by atoms with E-state index < -0.39 is 5.82 Å². The van der Waals surface area contributed by atoms with Gasteiger partial charge in [-0.2, -0.15) is 11.8 Å². The number of nitrogens with zero attached hydrogens (tertiary/aromatic N) is 3. The Labute approximate surface area is 139 Å². The first-order valence-electron chi connectivity index (χ1n) is 6.40. The van der Waals surface area contributed by atoms with Crippen LogP contribution >= 0.6 is 27.7 Å². The molecule has 9 heteroatoms. The largest absolute Gasteiger partial charge is 0.290 e. The fourth-order valence-electron chi connectivity index (χ4n) is 1.75. The minimum atomic E-state index is -0.390. The van der Waals surface area contributed by atoms with E-state index >= 15 is 0 Å². The molecule has 1 aromatic heterocycles.